The summed E-state index contributed by atoms with van der Waals surface area (Å²) in [7, 11) is 0. The van der Waals surface area contributed by atoms with Gasteiger partial charge in [-0.05, 0) is 56.8 Å². The molecule has 1 aromatic heterocycles. The summed E-state index contributed by atoms with van der Waals surface area (Å²) in [4.78, 5) is 12.7. The minimum atomic E-state index is -4.80. The number of aliphatic hydroxyl groups excluding tert-OH is 1. The molecule has 2 unspecified atom stereocenters. The number of rotatable bonds is 3. The zero-order valence-electron chi connectivity index (χ0n) is 14.8. The number of allylic oxidation sites excluding steroid dienone is 1. The van der Waals surface area contributed by atoms with Crippen LogP contribution in [0.5, 0.6) is 0 Å². The second-order valence-electron chi connectivity index (χ2n) is 8.28. The molecule has 0 spiro atoms. The van der Waals surface area contributed by atoms with Crippen LogP contribution in [0.25, 0.3) is 5.70 Å². The second kappa shape index (κ2) is 5.98. The van der Waals surface area contributed by atoms with Gasteiger partial charge in [0.15, 0.2) is 5.69 Å². The molecular formula is C18H22F3N3O3. The Morgan fingerprint density at radius 2 is 1.96 bits per heavy atom. The van der Waals surface area contributed by atoms with E-state index in [0.29, 0.717) is 29.7 Å². The molecule has 3 N–H and O–H groups in total. The summed E-state index contributed by atoms with van der Waals surface area (Å²) < 4.78 is 41.1. The monoisotopic (exact) mass is 385 g/mol. The van der Waals surface area contributed by atoms with Crippen LogP contribution in [0.4, 0.5) is 13.2 Å². The molecule has 5 rings (SSSR count). The molecular weight excluding hydrogens is 363 g/mol. The standard InChI is InChI=1S/C18H22F3N3O3/c1-9(8-25)24-15(18(19,20)21)13(7-22-24)16(26)23-14-11-2-10-3-12(14)6-17(27,4-10)5-11/h7-8,10-12,14,25,27H,2-6H2,1H3,(H,23,26)/b9-8+/t10?,11?,12?,14-,17-. The number of carbonyl (C=O) groups is 1. The van der Waals surface area contributed by atoms with Gasteiger partial charge in [-0.25, -0.2) is 4.68 Å². The van der Waals surface area contributed by atoms with Crippen LogP contribution in [0, 0.1) is 17.8 Å². The zero-order chi connectivity index (χ0) is 19.6. The summed E-state index contributed by atoms with van der Waals surface area (Å²) >= 11 is 0. The summed E-state index contributed by atoms with van der Waals surface area (Å²) in [6.45, 7) is 1.27. The SMILES string of the molecule is C/C(=C\O)n1ncc(C(=O)N[C@H]2C3CC4CC2C[C@](O)(C4)C3)c1C(F)(F)F. The minimum absolute atomic E-state index is 0.0913. The van der Waals surface area contributed by atoms with E-state index in [9.17, 15) is 23.1 Å². The van der Waals surface area contributed by atoms with Crippen LogP contribution in [0.1, 0.15) is 55.1 Å². The van der Waals surface area contributed by atoms with E-state index in [0.717, 1.165) is 25.5 Å². The maximum absolute atomic E-state index is 13.5. The largest absolute Gasteiger partial charge is 0.514 e. The van der Waals surface area contributed by atoms with Crippen molar-refractivity contribution in [3.8, 4) is 0 Å². The molecule has 6 nitrogen and oxygen atoms in total. The van der Waals surface area contributed by atoms with Crippen LogP contribution in [-0.2, 0) is 6.18 Å². The Bertz CT molecular complexity index is 786. The highest BCUT2D eigenvalue weighted by Gasteiger charge is 2.55. The van der Waals surface area contributed by atoms with Crippen LogP contribution >= 0.6 is 0 Å². The average Bonchev–Trinajstić information content (AvgIpc) is 3.01. The van der Waals surface area contributed by atoms with E-state index < -0.39 is 28.9 Å². The van der Waals surface area contributed by atoms with E-state index in [4.69, 9.17) is 5.11 Å². The molecule has 1 amide bonds. The Hall–Kier alpha value is -2.03. The van der Waals surface area contributed by atoms with Crippen molar-refractivity contribution in [1.82, 2.24) is 15.1 Å². The van der Waals surface area contributed by atoms with Crippen molar-refractivity contribution >= 4 is 11.6 Å². The molecule has 4 fully saturated rings. The van der Waals surface area contributed by atoms with Crippen molar-refractivity contribution in [1.29, 1.82) is 0 Å². The molecule has 4 aliphatic carbocycles. The van der Waals surface area contributed by atoms with Gasteiger partial charge in [-0.1, -0.05) is 0 Å². The first-order valence-electron chi connectivity index (χ1n) is 9.11. The van der Waals surface area contributed by atoms with Gasteiger partial charge in [0.1, 0.15) is 6.26 Å². The quantitative estimate of drug-likeness (QED) is 0.698. The Kier molecular flexibility index (Phi) is 4.06. The van der Waals surface area contributed by atoms with Crippen molar-refractivity contribution in [2.24, 2.45) is 17.8 Å². The van der Waals surface area contributed by atoms with Crippen molar-refractivity contribution < 1.29 is 28.2 Å². The normalized spacial score (nSPS) is 35.5. The van der Waals surface area contributed by atoms with Crippen molar-refractivity contribution in [2.45, 2.75) is 56.8 Å². The third kappa shape index (κ3) is 3.01. The molecule has 2 atom stereocenters. The van der Waals surface area contributed by atoms with E-state index in [1.54, 1.807) is 0 Å². The summed E-state index contributed by atoms with van der Waals surface area (Å²) in [5.74, 6) is -0.197. The highest BCUT2D eigenvalue weighted by molar-refractivity contribution is 5.95. The zero-order valence-corrected chi connectivity index (χ0v) is 14.8. The topological polar surface area (TPSA) is 87.4 Å². The first-order valence-corrected chi connectivity index (χ1v) is 9.11. The van der Waals surface area contributed by atoms with Crippen molar-refractivity contribution in [3.05, 3.63) is 23.7 Å². The van der Waals surface area contributed by atoms with E-state index in [1.165, 1.54) is 6.92 Å². The third-order valence-corrected chi connectivity index (χ3v) is 6.34. The van der Waals surface area contributed by atoms with Crippen LogP contribution in [0.2, 0.25) is 0 Å². The van der Waals surface area contributed by atoms with E-state index in [2.05, 4.69) is 10.4 Å². The maximum Gasteiger partial charge on any atom is 0.434 e. The summed E-state index contributed by atoms with van der Waals surface area (Å²) in [5.41, 5.74) is -2.58. The van der Waals surface area contributed by atoms with Gasteiger partial charge in [-0.2, -0.15) is 18.3 Å². The Labute approximate surface area is 154 Å². The van der Waals surface area contributed by atoms with Gasteiger partial charge in [0, 0.05) is 6.04 Å². The highest BCUT2D eigenvalue weighted by Crippen LogP contribution is 2.55. The fraction of sp³-hybridized carbons (Fsp3) is 0.667. The Morgan fingerprint density at radius 3 is 2.48 bits per heavy atom. The fourth-order valence-corrected chi connectivity index (χ4v) is 5.56. The van der Waals surface area contributed by atoms with Gasteiger partial charge in [-0.3, -0.25) is 4.79 Å². The maximum atomic E-state index is 13.5. The number of amides is 1. The van der Waals surface area contributed by atoms with Gasteiger partial charge in [0.05, 0.1) is 23.1 Å². The molecule has 0 aliphatic heterocycles. The van der Waals surface area contributed by atoms with E-state index >= 15 is 0 Å². The van der Waals surface area contributed by atoms with Crippen molar-refractivity contribution in [3.63, 3.8) is 0 Å². The van der Waals surface area contributed by atoms with Crippen molar-refractivity contribution in [2.75, 3.05) is 0 Å². The Balaban J connectivity index is 1.60. The molecule has 27 heavy (non-hydrogen) atoms. The fourth-order valence-electron chi connectivity index (χ4n) is 5.56. The van der Waals surface area contributed by atoms with Crippen LogP contribution in [0.15, 0.2) is 12.5 Å². The molecule has 0 radical (unpaired) electrons. The lowest BCUT2D eigenvalue weighted by Crippen LogP contribution is -2.61. The summed E-state index contributed by atoms with van der Waals surface area (Å²) in [5, 5.41) is 26.1. The molecule has 1 heterocycles. The Morgan fingerprint density at radius 1 is 1.33 bits per heavy atom. The second-order valence-corrected chi connectivity index (χ2v) is 8.28. The summed E-state index contributed by atoms with van der Waals surface area (Å²) in [6.07, 6.45) is 0.344. The average molecular weight is 385 g/mol. The molecule has 9 heteroatoms. The number of nitrogens with one attached hydrogen (secondary N) is 1. The van der Waals surface area contributed by atoms with E-state index in [1.807, 2.05) is 0 Å². The molecule has 148 valence electrons. The van der Waals surface area contributed by atoms with Gasteiger partial charge < -0.3 is 15.5 Å². The molecule has 4 saturated carbocycles. The molecule has 0 aromatic carbocycles. The molecule has 1 aromatic rings. The first-order chi connectivity index (χ1) is 12.6. The number of halogens is 3. The number of hydrogen-bond donors (Lipinski definition) is 3. The lowest BCUT2D eigenvalue weighted by molar-refractivity contribution is -0.143. The number of aromatic nitrogens is 2. The van der Waals surface area contributed by atoms with Crippen LogP contribution < -0.4 is 5.32 Å². The lowest BCUT2D eigenvalue weighted by atomic mass is 9.52. The first kappa shape index (κ1) is 18.3. The number of aliphatic hydroxyl groups is 2. The van der Waals surface area contributed by atoms with Gasteiger partial charge in [0.25, 0.3) is 5.91 Å². The van der Waals surface area contributed by atoms with Gasteiger partial charge in [-0.15, -0.1) is 0 Å². The molecule has 0 saturated heterocycles. The number of carbonyl (C=O) groups excluding carboxylic acids is 1. The smallest absolute Gasteiger partial charge is 0.434 e. The predicted octanol–water partition coefficient (Wildman–Crippen LogP) is 2.95. The van der Waals surface area contributed by atoms with E-state index in [-0.39, 0.29) is 23.6 Å². The number of alkyl halides is 3. The minimum Gasteiger partial charge on any atom is -0.514 e. The third-order valence-electron chi connectivity index (χ3n) is 6.34. The van der Waals surface area contributed by atoms with Gasteiger partial charge >= 0.3 is 6.18 Å². The predicted molar refractivity (Wildman–Crippen MR) is 89.6 cm³/mol. The molecule has 4 aliphatic rings. The van der Waals surface area contributed by atoms with Gasteiger partial charge in [0.2, 0.25) is 0 Å². The lowest BCUT2D eigenvalue weighted by Gasteiger charge is -2.58. The number of hydrogen-bond acceptors (Lipinski definition) is 4. The molecule has 4 bridgehead atoms. The highest BCUT2D eigenvalue weighted by atomic mass is 19.4. The van der Waals surface area contributed by atoms with Crippen LogP contribution in [0.3, 0.4) is 0 Å². The summed E-state index contributed by atoms with van der Waals surface area (Å²) in [6, 6.07) is -0.228. The number of nitrogens with zero attached hydrogens (tertiary/aromatic N) is 2. The van der Waals surface area contributed by atoms with Crippen LogP contribution in [-0.4, -0.2) is 37.5 Å².